The largest absolute Gasteiger partial charge is 0.396 e. The van der Waals surface area contributed by atoms with Crippen molar-refractivity contribution in [2.75, 3.05) is 17.2 Å². The number of benzene rings is 1. The van der Waals surface area contributed by atoms with Crippen molar-refractivity contribution in [2.45, 2.75) is 31.6 Å². The number of para-hydroxylation sites is 1. The van der Waals surface area contributed by atoms with Crippen LogP contribution in [0.3, 0.4) is 0 Å². The van der Waals surface area contributed by atoms with E-state index >= 15 is 0 Å². The molecule has 0 amide bonds. The summed E-state index contributed by atoms with van der Waals surface area (Å²) < 4.78 is 1.05. The molecule has 4 aromatic rings. The molecule has 1 saturated carbocycles. The van der Waals surface area contributed by atoms with Crippen molar-refractivity contribution < 1.29 is 15.3 Å². The van der Waals surface area contributed by atoms with Crippen molar-refractivity contribution in [3.05, 3.63) is 54.5 Å². The fraction of sp³-hybridized carbons (Fsp3) is 0.304. The minimum absolute atomic E-state index is 0.196. The summed E-state index contributed by atoms with van der Waals surface area (Å²) in [5.74, 6) is 0.492. The molecule has 0 unspecified atom stereocenters. The van der Waals surface area contributed by atoms with E-state index in [4.69, 9.17) is 9.97 Å². The van der Waals surface area contributed by atoms with E-state index in [0.29, 0.717) is 18.2 Å². The van der Waals surface area contributed by atoms with Gasteiger partial charge in [0.1, 0.15) is 16.9 Å². The van der Waals surface area contributed by atoms with Gasteiger partial charge >= 0.3 is 0 Å². The Morgan fingerprint density at radius 2 is 1.82 bits per heavy atom. The van der Waals surface area contributed by atoms with Crippen LogP contribution in [-0.2, 0) is 0 Å². The second kappa shape index (κ2) is 8.99. The number of hydrogen-bond acceptors (Lipinski definition) is 10. The van der Waals surface area contributed by atoms with Crippen LogP contribution in [0.2, 0.25) is 0 Å². The second-order valence-electron chi connectivity index (χ2n) is 8.11. The van der Waals surface area contributed by atoms with E-state index in [1.165, 1.54) is 0 Å². The van der Waals surface area contributed by atoms with Crippen molar-refractivity contribution in [1.82, 2.24) is 19.9 Å². The standard InChI is InChI=1S/C23H24N6O3S/c1-12-18(22-28-15-4-2-3-5-17(15)33-22)21(27-16-10-13(11-30)19(31)20(16)32)29-23(25-12)26-14-6-8-24-9-7-14/h2-9,13,16,19-20,30-32H,10-11H2,1H3,(H2,24,25,26,27,29)/t13-,16-,19-,20+/m1/s1. The number of nitrogens with zero attached hydrogens (tertiary/aromatic N) is 4. The van der Waals surface area contributed by atoms with Crippen LogP contribution in [0.15, 0.2) is 48.8 Å². The number of hydrogen-bond donors (Lipinski definition) is 5. The molecule has 0 spiro atoms. The Balaban J connectivity index is 1.57. The van der Waals surface area contributed by atoms with E-state index < -0.39 is 24.2 Å². The van der Waals surface area contributed by atoms with E-state index in [0.717, 1.165) is 32.2 Å². The Hall–Kier alpha value is -3.18. The summed E-state index contributed by atoms with van der Waals surface area (Å²) in [7, 11) is 0. The van der Waals surface area contributed by atoms with Crippen LogP contribution in [0.1, 0.15) is 12.1 Å². The molecule has 1 aromatic carbocycles. The van der Waals surface area contributed by atoms with Crippen LogP contribution in [0.5, 0.6) is 0 Å². The highest BCUT2D eigenvalue weighted by Gasteiger charge is 2.41. The molecule has 1 aliphatic rings. The molecule has 9 nitrogen and oxygen atoms in total. The van der Waals surface area contributed by atoms with E-state index in [-0.39, 0.29) is 6.61 Å². The van der Waals surface area contributed by atoms with Crippen molar-refractivity contribution in [1.29, 1.82) is 0 Å². The topological polar surface area (TPSA) is 136 Å². The number of pyridine rings is 1. The zero-order chi connectivity index (χ0) is 22.9. The van der Waals surface area contributed by atoms with Crippen molar-refractivity contribution in [3.63, 3.8) is 0 Å². The van der Waals surface area contributed by atoms with Crippen molar-refractivity contribution >= 4 is 39.0 Å². The fourth-order valence-electron chi connectivity index (χ4n) is 4.16. The predicted molar refractivity (Wildman–Crippen MR) is 128 cm³/mol. The highest BCUT2D eigenvalue weighted by atomic mass is 32.1. The number of thiazole rings is 1. The number of aryl methyl sites for hydroxylation is 1. The minimum Gasteiger partial charge on any atom is -0.396 e. The lowest BCUT2D eigenvalue weighted by Gasteiger charge is -2.21. The number of anilines is 3. The first kappa shape index (κ1) is 21.7. The number of rotatable bonds is 6. The molecular formula is C23H24N6O3S. The SMILES string of the molecule is Cc1nc(Nc2ccncc2)nc(N[C@@H]2C[C@H](CO)[C@@H](O)[C@H]2O)c1-c1nc2ccccc2s1. The molecule has 1 fully saturated rings. The molecule has 0 bridgehead atoms. The third-order valence-corrected chi connectivity index (χ3v) is 6.95. The normalized spacial score (nSPS) is 22.5. The van der Waals surface area contributed by atoms with Crippen LogP contribution >= 0.6 is 11.3 Å². The van der Waals surface area contributed by atoms with Gasteiger partial charge in [-0.3, -0.25) is 4.98 Å². The van der Waals surface area contributed by atoms with Crippen molar-refractivity contribution in [2.24, 2.45) is 5.92 Å². The third kappa shape index (κ3) is 4.25. The number of aromatic nitrogens is 4. The molecule has 3 heterocycles. The zero-order valence-electron chi connectivity index (χ0n) is 17.9. The smallest absolute Gasteiger partial charge is 0.229 e. The highest BCUT2D eigenvalue weighted by Crippen LogP contribution is 2.38. The maximum absolute atomic E-state index is 10.6. The maximum Gasteiger partial charge on any atom is 0.229 e. The maximum atomic E-state index is 10.6. The Morgan fingerprint density at radius 1 is 1.03 bits per heavy atom. The van der Waals surface area contributed by atoms with Gasteiger partial charge in [-0.05, 0) is 37.6 Å². The summed E-state index contributed by atoms with van der Waals surface area (Å²) in [6.45, 7) is 1.70. The van der Waals surface area contributed by atoms with Gasteiger partial charge in [-0.2, -0.15) is 4.98 Å². The zero-order valence-corrected chi connectivity index (χ0v) is 18.7. The fourth-order valence-corrected chi connectivity index (χ4v) is 5.22. The van der Waals surface area contributed by atoms with Crippen molar-refractivity contribution in [3.8, 4) is 10.6 Å². The third-order valence-electron chi connectivity index (χ3n) is 5.89. The lowest BCUT2D eigenvalue weighted by atomic mass is 10.1. The van der Waals surface area contributed by atoms with Gasteiger partial charge in [0, 0.05) is 30.6 Å². The molecule has 5 N–H and O–H groups in total. The molecule has 33 heavy (non-hydrogen) atoms. The van der Waals surface area contributed by atoms with Gasteiger partial charge in [0.05, 0.1) is 33.6 Å². The Bertz CT molecular complexity index is 1230. The second-order valence-corrected chi connectivity index (χ2v) is 9.14. The highest BCUT2D eigenvalue weighted by molar-refractivity contribution is 7.21. The van der Waals surface area contributed by atoms with Crippen LogP contribution in [0, 0.1) is 12.8 Å². The summed E-state index contributed by atoms with van der Waals surface area (Å²) in [6.07, 6.45) is 1.73. The number of nitrogens with one attached hydrogen (secondary N) is 2. The molecule has 4 atom stereocenters. The summed E-state index contributed by atoms with van der Waals surface area (Å²) in [4.78, 5) is 18.2. The van der Waals surface area contributed by atoms with Gasteiger partial charge in [-0.25, -0.2) is 9.97 Å². The monoisotopic (exact) mass is 464 g/mol. The Morgan fingerprint density at radius 3 is 2.55 bits per heavy atom. The molecule has 1 aliphatic carbocycles. The van der Waals surface area contributed by atoms with Gasteiger partial charge in [-0.1, -0.05) is 12.1 Å². The number of fused-ring (bicyclic) bond motifs is 1. The quantitative estimate of drug-likeness (QED) is 0.292. The molecular weight excluding hydrogens is 440 g/mol. The average molecular weight is 465 g/mol. The van der Waals surface area contributed by atoms with Gasteiger partial charge in [0.2, 0.25) is 5.95 Å². The molecule has 170 valence electrons. The van der Waals surface area contributed by atoms with Gasteiger partial charge < -0.3 is 26.0 Å². The van der Waals surface area contributed by atoms with Crippen LogP contribution < -0.4 is 10.6 Å². The van der Waals surface area contributed by atoms with Gasteiger partial charge in [0.15, 0.2) is 0 Å². The summed E-state index contributed by atoms with van der Waals surface area (Å²) in [5, 5.41) is 37.7. The Kier molecular flexibility index (Phi) is 5.90. The first-order valence-electron chi connectivity index (χ1n) is 10.7. The molecule has 0 aliphatic heterocycles. The van der Waals surface area contributed by atoms with Gasteiger partial charge in [0.25, 0.3) is 0 Å². The number of aliphatic hydroxyl groups is 3. The number of aliphatic hydroxyl groups excluding tert-OH is 3. The first-order chi connectivity index (χ1) is 16.0. The van der Waals surface area contributed by atoms with Crippen LogP contribution in [0.4, 0.5) is 17.5 Å². The van der Waals surface area contributed by atoms with E-state index in [2.05, 4.69) is 20.6 Å². The predicted octanol–water partition coefficient (Wildman–Crippen LogP) is 2.71. The first-order valence-corrected chi connectivity index (χ1v) is 11.5. The lowest BCUT2D eigenvalue weighted by molar-refractivity contribution is 0.00446. The molecule has 10 heteroatoms. The van der Waals surface area contributed by atoms with E-state index in [1.807, 2.05) is 43.3 Å². The van der Waals surface area contributed by atoms with E-state index in [9.17, 15) is 15.3 Å². The Labute approximate surface area is 194 Å². The molecule has 5 rings (SSSR count). The summed E-state index contributed by atoms with van der Waals surface area (Å²) >= 11 is 1.54. The minimum atomic E-state index is -1.03. The van der Waals surface area contributed by atoms with E-state index in [1.54, 1.807) is 23.7 Å². The molecule has 0 saturated heterocycles. The lowest BCUT2D eigenvalue weighted by Crippen LogP contribution is -2.35. The molecule has 3 aromatic heterocycles. The van der Waals surface area contributed by atoms with Crippen LogP contribution in [-0.4, -0.2) is 60.1 Å². The average Bonchev–Trinajstić information content (AvgIpc) is 3.35. The van der Waals surface area contributed by atoms with Gasteiger partial charge in [-0.15, -0.1) is 11.3 Å². The molecule has 0 radical (unpaired) electrons. The summed E-state index contributed by atoms with van der Waals surface area (Å²) in [6, 6.07) is 11.0. The summed E-state index contributed by atoms with van der Waals surface area (Å²) in [5.41, 5.74) is 3.14. The van der Waals surface area contributed by atoms with Crippen LogP contribution in [0.25, 0.3) is 20.8 Å².